The third-order valence-corrected chi connectivity index (χ3v) is 11.5. The first-order chi connectivity index (χ1) is 25.5. The highest BCUT2D eigenvalue weighted by molar-refractivity contribution is 6.36. The third-order valence-electron chi connectivity index (χ3n) is 11.1. The van der Waals surface area contributed by atoms with E-state index in [0.29, 0.717) is 35.5 Å². The van der Waals surface area contributed by atoms with Crippen LogP contribution in [-0.2, 0) is 20.5 Å². The Morgan fingerprint density at radius 1 is 1.06 bits per heavy atom. The number of benzene rings is 2. The van der Waals surface area contributed by atoms with Gasteiger partial charge >= 0.3 is 11.7 Å². The Morgan fingerprint density at radius 2 is 1.83 bits per heavy atom. The molecule has 274 valence electrons. The first-order valence-electron chi connectivity index (χ1n) is 17.6. The third kappa shape index (κ3) is 5.72. The predicted octanol–water partition coefficient (Wildman–Crippen LogP) is 3.92. The van der Waals surface area contributed by atoms with E-state index in [9.17, 15) is 19.5 Å². The van der Waals surface area contributed by atoms with Gasteiger partial charge in [0, 0.05) is 68.7 Å². The molecule has 0 saturated carbocycles. The van der Waals surface area contributed by atoms with E-state index in [4.69, 9.17) is 21.3 Å². The maximum absolute atomic E-state index is 13.2. The minimum atomic E-state index is -0.489. The number of likely N-dealkylation sites (tertiary alicyclic amines) is 1. The van der Waals surface area contributed by atoms with Gasteiger partial charge in [-0.15, -0.1) is 0 Å². The van der Waals surface area contributed by atoms with Crippen molar-refractivity contribution in [1.29, 1.82) is 0 Å². The molecule has 3 aromatic heterocycles. The second-order valence-corrected chi connectivity index (χ2v) is 14.5. The molecular weight excluding hydrogens is 698 g/mol. The van der Waals surface area contributed by atoms with Gasteiger partial charge in [0.05, 0.1) is 30.0 Å². The molecule has 5 aromatic rings. The first-order valence-corrected chi connectivity index (χ1v) is 18.0. The van der Waals surface area contributed by atoms with Crippen LogP contribution in [0.2, 0.25) is 5.02 Å². The second-order valence-electron chi connectivity index (χ2n) is 14.1. The molecule has 1 aliphatic carbocycles. The highest BCUT2D eigenvalue weighted by Gasteiger charge is 2.49. The van der Waals surface area contributed by atoms with Crippen molar-refractivity contribution in [3.8, 4) is 28.3 Å². The van der Waals surface area contributed by atoms with Crippen LogP contribution in [0.4, 0.5) is 16.3 Å². The minimum absolute atomic E-state index is 0.0551. The molecular formula is C38H40ClN9O5. The lowest BCUT2D eigenvalue weighted by atomic mass is 9.96. The summed E-state index contributed by atoms with van der Waals surface area (Å²) in [4.78, 5) is 56.0. The number of aryl methyl sites for hydroxylation is 2. The maximum Gasteiger partial charge on any atom is 0.332 e. The van der Waals surface area contributed by atoms with Gasteiger partial charge in [-0.3, -0.25) is 18.8 Å². The topological polar surface area (TPSA) is 160 Å². The van der Waals surface area contributed by atoms with Crippen molar-refractivity contribution >= 4 is 40.2 Å². The number of rotatable bonds is 8. The van der Waals surface area contributed by atoms with Gasteiger partial charge in [-0.25, -0.2) is 24.5 Å². The molecule has 3 aliphatic rings. The predicted molar refractivity (Wildman–Crippen MR) is 202 cm³/mol. The number of nitrogens with one attached hydrogen (secondary N) is 2. The number of aliphatic hydroxyl groups is 1. The summed E-state index contributed by atoms with van der Waals surface area (Å²) in [7, 11) is 4.65. The Bertz CT molecular complexity index is 2430. The zero-order chi connectivity index (χ0) is 37.2. The van der Waals surface area contributed by atoms with Crippen LogP contribution in [0.5, 0.6) is 5.88 Å². The van der Waals surface area contributed by atoms with Crippen LogP contribution in [0.15, 0.2) is 58.4 Å². The normalized spacial score (nSPS) is 19.7. The molecule has 3 N–H and O–H groups in total. The standard InChI is InChI=1S/C38H40ClN9O5/c1-21-23(7-6-10-26(21)42-32-30-33(41-20-40-32)45(2)37(52)46(3)35(30)50)24-8-5-9-25(31(24)39)27-17-22-11-12-28(29(22)34(43-27)53-4)47-14-13-38(18-47)19-48(15-16-49)36(51)44-38/h5-10,17,20,28,49H,11-16,18-19H2,1-4H3,(H,44,51)(H,40,41,42). The summed E-state index contributed by atoms with van der Waals surface area (Å²) in [6.07, 6.45) is 3.94. The fourth-order valence-corrected chi connectivity index (χ4v) is 8.67. The van der Waals surface area contributed by atoms with E-state index in [1.165, 1.54) is 23.5 Å². The number of pyridine rings is 1. The number of aromatic nitrogens is 5. The van der Waals surface area contributed by atoms with Crippen molar-refractivity contribution < 1.29 is 14.6 Å². The zero-order valence-corrected chi connectivity index (χ0v) is 30.7. The molecule has 14 nitrogen and oxygen atoms in total. The molecule has 2 aromatic carbocycles. The van der Waals surface area contributed by atoms with Crippen molar-refractivity contribution in [2.45, 2.75) is 37.8 Å². The number of urea groups is 1. The molecule has 53 heavy (non-hydrogen) atoms. The van der Waals surface area contributed by atoms with E-state index in [1.807, 2.05) is 43.3 Å². The van der Waals surface area contributed by atoms with Crippen LogP contribution < -0.4 is 26.6 Å². The molecule has 2 unspecified atom stereocenters. The molecule has 8 rings (SSSR count). The summed E-state index contributed by atoms with van der Waals surface area (Å²) in [6, 6.07) is 13.8. The number of β-amino-alcohol motifs (C(OH)–C–C–N with tert-alkyl or cyclic N) is 1. The maximum atomic E-state index is 13.2. The molecule has 2 amide bonds. The lowest BCUT2D eigenvalue weighted by molar-refractivity contribution is 0.193. The van der Waals surface area contributed by atoms with E-state index in [2.05, 4.69) is 31.6 Å². The van der Waals surface area contributed by atoms with Gasteiger partial charge < -0.3 is 25.4 Å². The summed E-state index contributed by atoms with van der Waals surface area (Å²) in [5.74, 6) is 0.864. The monoisotopic (exact) mass is 737 g/mol. The van der Waals surface area contributed by atoms with E-state index in [0.717, 1.165) is 70.4 Å². The van der Waals surface area contributed by atoms with E-state index < -0.39 is 11.2 Å². The summed E-state index contributed by atoms with van der Waals surface area (Å²) >= 11 is 7.24. The van der Waals surface area contributed by atoms with Crippen LogP contribution in [0.25, 0.3) is 33.4 Å². The second kappa shape index (κ2) is 13.3. The molecule has 2 aliphatic heterocycles. The average molecular weight is 738 g/mol. The molecule has 0 bridgehead atoms. The number of anilines is 2. The zero-order valence-electron chi connectivity index (χ0n) is 29.9. The van der Waals surface area contributed by atoms with Crippen molar-refractivity contribution in [3.63, 3.8) is 0 Å². The van der Waals surface area contributed by atoms with Crippen molar-refractivity contribution in [2.24, 2.45) is 14.1 Å². The molecule has 2 fully saturated rings. The van der Waals surface area contributed by atoms with Crippen LogP contribution in [0, 0.1) is 6.92 Å². The largest absolute Gasteiger partial charge is 0.481 e. The molecule has 2 atom stereocenters. The van der Waals surface area contributed by atoms with Gasteiger partial charge in [0.15, 0.2) is 5.65 Å². The van der Waals surface area contributed by atoms with Gasteiger partial charge in [0.25, 0.3) is 5.56 Å². The molecule has 0 radical (unpaired) electrons. The smallest absolute Gasteiger partial charge is 0.332 e. The Hall–Kier alpha value is -5.31. The lowest BCUT2D eigenvalue weighted by Gasteiger charge is -2.28. The fourth-order valence-electron chi connectivity index (χ4n) is 8.35. The van der Waals surface area contributed by atoms with Crippen LogP contribution >= 0.6 is 11.6 Å². The molecule has 15 heteroatoms. The van der Waals surface area contributed by atoms with Gasteiger partial charge in [0.2, 0.25) is 5.88 Å². The summed E-state index contributed by atoms with van der Waals surface area (Å²) < 4.78 is 8.32. The van der Waals surface area contributed by atoms with Gasteiger partial charge in [-0.2, -0.15) is 0 Å². The van der Waals surface area contributed by atoms with E-state index in [-0.39, 0.29) is 35.3 Å². The molecule has 1 spiro atoms. The quantitative estimate of drug-likeness (QED) is 0.213. The van der Waals surface area contributed by atoms with Crippen molar-refractivity contribution in [1.82, 2.24) is 39.2 Å². The van der Waals surface area contributed by atoms with E-state index in [1.54, 1.807) is 19.1 Å². The van der Waals surface area contributed by atoms with Crippen LogP contribution in [0.3, 0.4) is 0 Å². The number of ether oxygens (including phenoxy) is 1. The number of carbonyl (C=O) groups is 1. The van der Waals surface area contributed by atoms with Crippen LogP contribution in [-0.4, -0.2) is 90.5 Å². The summed E-state index contributed by atoms with van der Waals surface area (Å²) in [5, 5.41) is 16.7. The highest BCUT2D eigenvalue weighted by atomic mass is 35.5. The molecule has 2 saturated heterocycles. The number of fused-ring (bicyclic) bond motifs is 2. The summed E-state index contributed by atoms with van der Waals surface area (Å²) in [5.41, 5.74) is 5.98. The number of methoxy groups -OCH3 is 1. The number of amides is 2. The Morgan fingerprint density at radius 3 is 2.62 bits per heavy atom. The van der Waals surface area contributed by atoms with E-state index >= 15 is 0 Å². The SMILES string of the molecule is COc1nc(-c2cccc(-c3cccc(Nc4ncnc5c4c(=O)n(C)c(=O)n5C)c3C)c2Cl)cc2c1C(N1CCC3(CN(CCO)C(=O)N3)C1)CC2. The average Bonchev–Trinajstić information content (AvgIpc) is 3.86. The Labute approximate surface area is 310 Å². The number of aliphatic hydroxyl groups excluding tert-OH is 1. The number of nitrogens with zero attached hydrogens (tertiary/aromatic N) is 7. The Kier molecular flexibility index (Phi) is 8.71. The Balaban J connectivity index is 1.10. The van der Waals surface area contributed by atoms with Crippen molar-refractivity contribution in [2.75, 3.05) is 45.2 Å². The number of carbonyl (C=O) groups excluding carboxylic acids is 1. The number of hydrogen-bond acceptors (Lipinski definition) is 10. The number of halogens is 1. The van der Waals surface area contributed by atoms with Crippen LogP contribution in [0.1, 0.15) is 35.6 Å². The number of hydrogen-bond donors (Lipinski definition) is 3. The van der Waals surface area contributed by atoms with Gasteiger partial charge in [-0.1, -0.05) is 41.9 Å². The minimum Gasteiger partial charge on any atom is -0.481 e. The molecule has 5 heterocycles. The van der Waals surface area contributed by atoms with Gasteiger partial charge in [-0.05, 0) is 55.0 Å². The summed E-state index contributed by atoms with van der Waals surface area (Å²) in [6.45, 7) is 4.40. The van der Waals surface area contributed by atoms with Crippen molar-refractivity contribution in [3.05, 3.63) is 91.3 Å². The lowest BCUT2D eigenvalue weighted by Crippen LogP contribution is -2.46. The van der Waals surface area contributed by atoms with Gasteiger partial charge in [0.1, 0.15) is 17.5 Å². The highest BCUT2D eigenvalue weighted by Crippen LogP contribution is 2.46. The fraction of sp³-hybridized carbons (Fsp3) is 0.368. The first kappa shape index (κ1) is 34.8.